The zero-order chi connectivity index (χ0) is 14.9. The largest absolute Gasteiger partial charge is 0.369 e. The van der Waals surface area contributed by atoms with Gasteiger partial charge in [-0.15, -0.1) is 10.2 Å². The SMILES string of the molecule is CN1CCC(c2nnc3cc(N4CCNCC4)ccn23)CC1. The van der Waals surface area contributed by atoms with Crippen LogP contribution in [0.3, 0.4) is 0 Å². The first kappa shape index (κ1) is 14.0. The molecule has 4 heterocycles. The molecule has 0 bridgehead atoms. The fourth-order valence-corrected chi connectivity index (χ4v) is 3.56. The second kappa shape index (κ2) is 5.85. The molecule has 0 amide bonds. The van der Waals surface area contributed by atoms with Crippen LogP contribution in [0.15, 0.2) is 18.3 Å². The standard InChI is InChI=1S/C16H24N6/c1-20-7-2-13(3-8-20)16-19-18-15-12-14(4-9-22(15)16)21-10-5-17-6-11-21/h4,9,12-13,17H,2-3,5-8,10-11H2,1H3. The summed E-state index contributed by atoms with van der Waals surface area (Å²) in [6.07, 6.45) is 4.51. The Morgan fingerprint density at radius 2 is 1.86 bits per heavy atom. The first-order valence-electron chi connectivity index (χ1n) is 8.30. The van der Waals surface area contributed by atoms with Crippen LogP contribution in [0.2, 0.25) is 0 Å². The molecule has 0 atom stereocenters. The lowest BCUT2D eigenvalue weighted by atomic mass is 9.96. The Hall–Kier alpha value is -1.66. The third-order valence-electron chi connectivity index (χ3n) is 4.99. The van der Waals surface area contributed by atoms with Gasteiger partial charge in [0.15, 0.2) is 5.65 Å². The van der Waals surface area contributed by atoms with Crippen LogP contribution in [0.5, 0.6) is 0 Å². The third kappa shape index (κ3) is 2.57. The quantitative estimate of drug-likeness (QED) is 0.895. The number of piperidine rings is 1. The normalized spacial score (nSPS) is 21.6. The molecule has 6 heteroatoms. The average molecular weight is 300 g/mol. The molecule has 2 aromatic heterocycles. The van der Waals surface area contributed by atoms with Gasteiger partial charge in [-0.2, -0.15) is 0 Å². The number of hydrogen-bond acceptors (Lipinski definition) is 5. The molecule has 2 saturated heterocycles. The van der Waals surface area contributed by atoms with Crippen LogP contribution in [-0.2, 0) is 0 Å². The number of rotatable bonds is 2. The van der Waals surface area contributed by atoms with Crippen molar-refractivity contribution in [3.8, 4) is 0 Å². The van der Waals surface area contributed by atoms with E-state index in [2.05, 4.69) is 55.1 Å². The average Bonchev–Trinajstić information content (AvgIpc) is 2.99. The van der Waals surface area contributed by atoms with Crippen molar-refractivity contribution < 1.29 is 0 Å². The van der Waals surface area contributed by atoms with Gasteiger partial charge in [-0.3, -0.25) is 4.40 Å². The summed E-state index contributed by atoms with van der Waals surface area (Å²) in [5.41, 5.74) is 2.24. The molecule has 0 unspecified atom stereocenters. The van der Waals surface area contributed by atoms with Gasteiger partial charge in [0.05, 0.1) is 0 Å². The van der Waals surface area contributed by atoms with E-state index in [0.717, 1.165) is 50.7 Å². The van der Waals surface area contributed by atoms with Gasteiger partial charge < -0.3 is 15.1 Å². The van der Waals surface area contributed by atoms with Gasteiger partial charge in [0.2, 0.25) is 0 Å². The third-order valence-corrected chi connectivity index (χ3v) is 4.99. The number of hydrogen-bond donors (Lipinski definition) is 1. The number of nitrogens with zero attached hydrogens (tertiary/aromatic N) is 5. The molecule has 0 saturated carbocycles. The maximum Gasteiger partial charge on any atom is 0.162 e. The zero-order valence-electron chi connectivity index (χ0n) is 13.2. The minimum absolute atomic E-state index is 0.538. The first-order valence-corrected chi connectivity index (χ1v) is 8.30. The van der Waals surface area contributed by atoms with E-state index in [-0.39, 0.29) is 0 Å². The molecule has 0 radical (unpaired) electrons. The predicted octanol–water partition coefficient (Wildman–Crippen LogP) is 0.948. The molecule has 0 aliphatic carbocycles. The summed E-state index contributed by atoms with van der Waals surface area (Å²) >= 11 is 0. The van der Waals surface area contributed by atoms with Gasteiger partial charge in [-0.1, -0.05) is 0 Å². The highest BCUT2D eigenvalue weighted by molar-refractivity contribution is 5.56. The lowest BCUT2D eigenvalue weighted by molar-refractivity contribution is 0.250. The summed E-state index contributed by atoms with van der Waals surface area (Å²) < 4.78 is 2.18. The second-order valence-corrected chi connectivity index (χ2v) is 6.49. The van der Waals surface area contributed by atoms with Crippen LogP contribution in [0.25, 0.3) is 5.65 Å². The minimum atomic E-state index is 0.538. The summed E-state index contributed by atoms with van der Waals surface area (Å²) in [6, 6.07) is 4.39. The van der Waals surface area contributed by atoms with Crippen LogP contribution < -0.4 is 10.2 Å². The van der Waals surface area contributed by atoms with Crippen LogP contribution >= 0.6 is 0 Å². The molecule has 2 aliphatic rings. The van der Waals surface area contributed by atoms with E-state index in [0.29, 0.717) is 5.92 Å². The summed E-state index contributed by atoms with van der Waals surface area (Å²) in [6.45, 7) is 6.53. The molecule has 1 N–H and O–H groups in total. The number of likely N-dealkylation sites (tertiary alicyclic amines) is 1. The Kier molecular flexibility index (Phi) is 3.72. The Morgan fingerprint density at radius 3 is 2.64 bits per heavy atom. The van der Waals surface area contributed by atoms with Gasteiger partial charge in [0, 0.05) is 50.0 Å². The Labute approximate surface area is 131 Å². The molecule has 4 rings (SSSR count). The molecule has 22 heavy (non-hydrogen) atoms. The van der Waals surface area contributed by atoms with Crippen molar-refractivity contribution in [2.24, 2.45) is 0 Å². The molecular weight excluding hydrogens is 276 g/mol. The Morgan fingerprint density at radius 1 is 1.09 bits per heavy atom. The van der Waals surface area contributed by atoms with Crippen LogP contribution in [0.1, 0.15) is 24.6 Å². The van der Waals surface area contributed by atoms with Crippen molar-refractivity contribution in [2.45, 2.75) is 18.8 Å². The monoisotopic (exact) mass is 300 g/mol. The van der Waals surface area contributed by atoms with E-state index >= 15 is 0 Å². The number of piperazine rings is 1. The fourth-order valence-electron chi connectivity index (χ4n) is 3.56. The first-order chi connectivity index (χ1) is 10.8. The Balaban J connectivity index is 1.60. The summed E-state index contributed by atoms with van der Waals surface area (Å²) in [5, 5.41) is 12.3. The van der Waals surface area contributed by atoms with Crippen LogP contribution in [0.4, 0.5) is 5.69 Å². The number of fused-ring (bicyclic) bond motifs is 1. The van der Waals surface area contributed by atoms with Gasteiger partial charge in [-0.25, -0.2) is 0 Å². The molecule has 118 valence electrons. The van der Waals surface area contributed by atoms with Crippen LogP contribution in [0, 0.1) is 0 Å². The zero-order valence-corrected chi connectivity index (χ0v) is 13.2. The fraction of sp³-hybridized carbons (Fsp3) is 0.625. The summed E-state index contributed by atoms with van der Waals surface area (Å²) in [5.74, 6) is 1.67. The van der Waals surface area contributed by atoms with Gasteiger partial charge in [0.25, 0.3) is 0 Å². The number of aromatic nitrogens is 3. The van der Waals surface area contributed by atoms with Crippen molar-refractivity contribution in [2.75, 3.05) is 51.2 Å². The van der Waals surface area contributed by atoms with E-state index in [1.807, 2.05) is 0 Å². The summed E-state index contributed by atoms with van der Waals surface area (Å²) in [4.78, 5) is 4.81. The van der Waals surface area contributed by atoms with E-state index in [1.165, 1.54) is 18.5 Å². The molecule has 6 nitrogen and oxygen atoms in total. The topological polar surface area (TPSA) is 48.7 Å². The molecular formula is C16H24N6. The highest BCUT2D eigenvalue weighted by Gasteiger charge is 2.23. The summed E-state index contributed by atoms with van der Waals surface area (Å²) in [7, 11) is 2.19. The van der Waals surface area contributed by atoms with Crippen molar-refractivity contribution in [1.29, 1.82) is 0 Å². The molecule has 2 aliphatic heterocycles. The van der Waals surface area contributed by atoms with E-state index in [1.54, 1.807) is 0 Å². The predicted molar refractivity (Wildman–Crippen MR) is 87.5 cm³/mol. The highest BCUT2D eigenvalue weighted by Crippen LogP contribution is 2.27. The molecule has 2 fully saturated rings. The second-order valence-electron chi connectivity index (χ2n) is 6.49. The van der Waals surface area contributed by atoms with Gasteiger partial charge >= 0.3 is 0 Å². The minimum Gasteiger partial charge on any atom is -0.369 e. The van der Waals surface area contributed by atoms with Crippen molar-refractivity contribution >= 4 is 11.3 Å². The molecule has 0 spiro atoms. The molecule has 0 aromatic carbocycles. The van der Waals surface area contributed by atoms with Crippen LogP contribution in [-0.4, -0.2) is 65.8 Å². The van der Waals surface area contributed by atoms with Crippen molar-refractivity contribution in [3.05, 3.63) is 24.2 Å². The van der Waals surface area contributed by atoms with Gasteiger partial charge in [0.1, 0.15) is 5.82 Å². The maximum atomic E-state index is 4.49. The molecule has 2 aromatic rings. The smallest absolute Gasteiger partial charge is 0.162 e. The lowest BCUT2D eigenvalue weighted by Gasteiger charge is -2.29. The van der Waals surface area contributed by atoms with E-state index < -0.39 is 0 Å². The number of nitrogens with one attached hydrogen (secondary N) is 1. The van der Waals surface area contributed by atoms with E-state index in [9.17, 15) is 0 Å². The Bertz CT molecular complexity index is 637. The lowest BCUT2D eigenvalue weighted by Crippen LogP contribution is -2.43. The van der Waals surface area contributed by atoms with Gasteiger partial charge in [-0.05, 0) is 39.0 Å². The highest BCUT2D eigenvalue weighted by atomic mass is 15.3. The van der Waals surface area contributed by atoms with Crippen molar-refractivity contribution in [1.82, 2.24) is 24.8 Å². The van der Waals surface area contributed by atoms with Crippen molar-refractivity contribution in [3.63, 3.8) is 0 Å². The number of anilines is 1. The maximum absolute atomic E-state index is 4.49. The number of pyridine rings is 1. The van der Waals surface area contributed by atoms with E-state index in [4.69, 9.17) is 0 Å².